The molecule has 1 amide bonds. The summed E-state index contributed by atoms with van der Waals surface area (Å²) in [5.74, 6) is 0.702. The second-order valence-electron chi connectivity index (χ2n) is 3.43. The Kier molecular flexibility index (Phi) is 2.20. The summed E-state index contributed by atoms with van der Waals surface area (Å²) >= 11 is 0. The number of hydrogen-bond donors (Lipinski definition) is 1. The van der Waals surface area contributed by atoms with Gasteiger partial charge in [-0.2, -0.15) is 5.10 Å². The van der Waals surface area contributed by atoms with E-state index < -0.39 is 6.10 Å². The number of amides is 1. The number of hydrogen-bond acceptors (Lipinski definition) is 4. The Hall–Kier alpha value is -1.43. The number of aliphatic hydroxyl groups excluding tert-OH is 1. The summed E-state index contributed by atoms with van der Waals surface area (Å²) in [7, 11) is 1.78. The molecule has 14 heavy (non-hydrogen) atoms. The number of aromatic nitrogens is 3. The van der Waals surface area contributed by atoms with E-state index >= 15 is 0 Å². The van der Waals surface area contributed by atoms with Gasteiger partial charge >= 0.3 is 0 Å². The fraction of sp³-hybridized carbons (Fsp3) is 0.625. The predicted octanol–water partition coefficient (Wildman–Crippen LogP) is -1.09. The third-order valence-electron chi connectivity index (χ3n) is 2.33. The van der Waals surface area contributed by atoms with Crippen LogP contribution in [-0.2, 0) is 18.4 Å². The standard InChI is InChI=1S/C8H12N4O2/c1-11-7(9-5-10-11)4-12-3-6(13)2-8(12)14/h5-6,13H,2-4H2,1H3. The van der Waals surface area contributed by atoms with Crippen molar-refractivity contribution in [3.8, 4) is 0 Å². The molecule has 1 aliphatic heterocycles. The lowest BCUT2D eigenvalue weighted by Crippen LogP contribution is -2.26. The fourth-order valence-corrected chi connectivity index (χ4v) is 1.54. The van der Waals surface area contributed by atoms with Crippen molar-refractivity contribution in [3.63, 3.8) is 0 Å². The maximum atomic E-state index is 11.3. The van der Waals surface area contributed by atoms with Crippen LogP contribution < -0.4 is 0 Å². The van der Waals surface area contributed by atoms with E-state index in [-0.39, 0.29) is 12.3 Å². The summed E-state index contributed by atoms with van der Waals surface area (Å²) in [6.45, 7) is 0.818. The molecule has 76 valence electrons. The zero-order valence-electron chi connectivity index (χ0n) is 7.92. The van der Waals surface area contributed by atoms with Crippen molar-refractivity contribution in [2.24, 2.45) is 7.05 Å². The van der Waals surface area contributed by atoms with E-state index in [1.54, 1.807) is 16.6 Å². The summed E-state index contributed by atoms with van der Waals surface area (Å²) in [5.41, 5.74) is 0. The second-order valence-corrected chi connectivity index (χ2v) is 3.43. The first-order valence-corrected chi connectivity index (χ1v) is 4.45. The Bertz CT molecular complexity index is 349. The van der Waals surface area contributed by atoms with Gasteiger partial charge in [-0.1, -0.05) is 0 Å². The van der Waals surface area contributed by atoms with Crippen molar-refractivity contribution in [2.75, 3.05) is 6.54 Å². The van der Waals surface area contributed by atoms with Crippen LogP contribution in [0.4, 0.5) is 0 Å². The Morgan fingerprint density at radius 1 is 1.71 bits per heavy atom. The van der Waals surface area contributed by atoms with Crippen molar-refractivity contribution in [3.05, 3.63) is 12.2 Å². The topological polar surface area (TPSA) is 71.2 Å². The van der Waals surface area contributed by atoms with Gasteiger partial charge in [-0.15, -0.1) is 0 Å². The molecule has 1 N–H and O–H groups in total. The van der Waals surface area contributed by atoms with Gasteiger partial charge in [-0.25, -0.2) is 4.98 Å². The number of carbonyl (C=O) groups excluding carboxylic acids is 1. The molecular weight excluding hydrogens is 184 g/mol. The van der Waals surface area contributed by atoms with Crippen molar-refractivity contribution in [1.29, 1.82) is 0 Å². The first-order valence-electron chi connectivity index (χ1n) is 4.45. The molecule has 0 spiro atoms. The summed E-state index contributed by atoms with van der Waals surface area (Å²) in [6, 6.07) is 0. The van der Waals surface area contributed by atoms with Gasteiger partial charge in [0.2, 0.25) is 5.91 Å². The highest BCUT2D eigenvalue weighted by molar-refractivity contribution is 5.78. The molecule has 1 saturated heterocycles. The average molecular weight is 196 g/mol. The highest BCUT2D eigenvalue weighted by Crippen LogP contribution is 2.13. The molecule has 6 heteroatoms. The first kappa shape index (κ1) is 9.14. The van der Waals surface area contributed by atoms with Gasteiger partial charge in [0.25, 0.3) is 0 Å². The van der Waals surface area contributed by atoms with E-state index in [2.05, 4.69) is 10.1 Å². The molecule has 0 bridgehead atoms. The molecule has 0 saturated carbocycles. The van der Waals surface area contributed by atoms with Gasteiger partial charge in [0.1, 0.15) is 12.2 Å². The minimum absolute atomic E-state index is 0.0273. The van der Waals surface area contributed by atoms with E-state index in [0.717, 1.165) is 5.82 Å². The summed E-state index contributed by atoms with van der Waals surface area (Å²) < 4.78 is 1.62. The molecule has 2 heterocycles. The Morgan fingerprint density at radius 3 is 3.00 bits per heavy atom. The molecule has 6 nitrogen and oxygen atoms in total. The lowest BCUT2D eigenvalue weighted by Gasteiger charge is -2.14. The number of aryl methyl sites for hydroxylation is 1. The van der Waals surface area contributed by atoms with Crippen LogP contribution in [0.2, 0.25) is 0 Å². The minimum atomic E-state index is -0.532. The molecule has 1 atom stereocenters. The monoisotopic (exact) mass is 196 g/mol. The lowest BCUT2D eigenvalue weighted by atomic mass is 10.3. The molecule has 1 aromatic rings. The summed E-state index contributed by atoms with van der Waals surface area (Å²) in [5, 5.41) is 13.2. The fourth-order valence-electron chi connectivity index (χ4n) is 1.54. The van der Waals surface area contributed by atoms with Gasteiger partial charge < -0.3 is 10.0 Å². The summed E-state index contributed by atoms with van der Waals surface area (Å²) in [6.07, 6.45) is 1.14. The smallest absolute Gasteiger partial charge is 0.225 e. The SMILES string of the molecule is Cn1ncnc1CN1CC(O)CC1=O. The van der Waals surface area contributed by atoms with Crippen LogP contribution in [-0.4, -0.2) is 43.3 Å². The molecule has 0 aliphatic carbocycles. The molecule has 2 rings (SSSR count). The molecule has 1 fully saturated rings. The maximum Gasteiger partial charge on any atom is 0.225 e. The number of rotatable bonds is 2. The first-order chi connectivity index (χ1) is 6.66. The van der Waals surface area contributed by atoms with Crippen LogP contribution in [0.3, 0.4) is 0 Å². The van der Waals surface area contributed by atoms with E-state index in [0.29, 0.717) is 13.1 Å². The number of carbonyl (C=O) groups is 1. The molecule has 0 aromatic carbocycles. The van der Waals surface area contributed by atoms with Crippen molar-refractivity contribution >= 4 is 5.91 Å². The van der Waals surface area contributed by atoms with Gasteiger partial charge in [0.05, 0.1) is 19.1 Å². The van der Waals surface area contributed by atoms with Gasteiger partial charge in [-0.05, 0) is 0 Å². The van der Waals surface area contributed by atoms with Crippen LogP contribution in [0.5, 0.6) is 0 Å². The zero-order valence-corrected chi connectivity index (χ0v) is 7.92. The molecular formula is C8H12N4O2. The van der Waals surface area contributed by atoms with Gasteiger partial charge in [0, 0.05) is 13.6 Å². The average Bonchev–Trinajstić information content (AvgIpc) is 2.62. The van der Waals surface area contributed by atoms with Crippen molar-refractivity contribution < 1.29 is 9.90 Å². The van der Waals surface area contributed by atoms with E-state index in [1.807, 2.05) is 0 Å². The van der Waals surface area contributed by atoms with Crippen LogP contribution in [0, 0.1) is 0 Å². The normalized spacial score (nSPS) is 22.0. The lowest BCUT2D eigenvalue weighted by molar-refractivity contribution is -0.128. The Labute approximate surface area is 81.2 Å². The highest BCUT2D eigenvalue weighted by Gasteiger charge is 2.28. The molecule has 0 radical (unpaired) electrons. The molecule has 1 aromatic heterocycles. The number of aliphatic hydroxyl groups is 1. The second kappa shape index (κ2) is 3.38. The van der Waals surface area contributed by atoms with Crippen LogP contribution in [0.15, 0.2) is 6.33 Å². The van der Waals surface area contributed by atoms with Gasteiger partial charge in [-0.3, -0.25) is 9.48 Å². The van der Waals surface area contributed by atoms with Crippen LogP contribution in [0.25, 0.3) is 0 Å². The summed E-state index contributed by atoms with van der Waals surface area (Å²) in [4.78, 5) is 16.9. The number of β-amino-alcohol motifs (C(OH)–C–C–N with tert-alkyl or cyclic N) is 1. The van der Waals surface area contributed by atoms with Gasteiger partial charge in [0.15, 0.2) is 0 Å². The largest absolute Gasteiger partial charge is 0.391 e. The number of likely N-dealkylation sites (tertiary alicyclic amines) is 1. The van der Waals surface area contributed by atoms with Crippen LogP contribution >= 0.6 is 0 Å². The van der Waals surface area contributed by atoms with Crippen LogP contribution in [0.1, 0.15) is 12.2 Å². The quantitative estimate of drug-likeness (QED) is 0.652. The zero-order chi connectivity index (χ0) is 10.1. The maximum absolute atomic E-state index is 11.3. The van der Waals surface area contributed by atoms with Crippen molar-refractivity contribution in [2.45, 2.75) is 19.1 Å². The highest BCUT2D eigenvalue weighted by atomic mass is 16.3. The molecule has 1 aliphatic rings. The number of nitrogens with zero attached hydrogens (tertiary/aromatic N) is 4. The Balaban J connectivity index is 2.05. The van der Waals surface area contributed by atoms with Crippen molar-refractivity contribution in [1.82, 2.24) is 19.7 Å². The predicted molar refractivity (Wildman–Crippen MR) is 47.0 cm³/mol. The van der Waals surface area contributed by atoms with E-state index in [4.69, 9.17) is 0 Å². The minimum Gasteiger partial charge on any atom is -0.391 e. The molecule has 1 unspecified atom stereocenters. The van der Waals surface area contributed by atoms with E-state index in [9.17, 15) is 9.90 Å². The third-order valence-corrected chi connectivity index (χ3v) is 2.33. The van der Waals surface area contributed by atoms with E-state index in [1.165, 1.54) is 6.33 Å². The third kappa shape index (κ3) is 1.60. The Morgan fingerprint density at radius 2 is 2.50 bits per heavy atom.